The van der Waals surface area contributed by atoms with Gasteiger partial charge in [-0.05, 0) is 13.0 Å². The minimum Gasteiger partial charge on any atom is -0.472 e. The maximum Gasteiger partial charge on any atom is 0.140 e. The number of nitrogens with zero attached hydrogens (tertiary/aromatic N) is 1. The molecule has 1 aromatic rings. The van der Waals surface area contributed by atoms with E-state index >= 15 is 0 Å². The molecule has 0 aliphatic heterocycles. The molecule has 0 aliphatic carbocycles. The molecule has 1 atom stereocenters. The first-order valence-corrected chi connectivity index (χ1v) is 4.43. The van der Waals surface area contributed by atoms with Gasteiger partial charge in [-0.3, -0.25) is 0 Å². The second kappa shape index (κ2) is 5.29. The van der Waals surface area contributed by atoms with Gasteiger partial charge in [-0.1, -0.05) is 5.16 Å². The molecular formula is C9H15N3O2. The predicted octanol–water partition coefficient (Wildman–Crippen LogP) is 0.894. The van der Waals surface area contributed by atoms with E-state index in [9.17, 15) is 0 Å². The van der Waals surface area contributed by atoms with Crippen molar-refractivity contribution >= 4 is 5.84 Å². The summed E-state index contributed by atoms with van der Waals surface area (Å²) in [5.74, 6) is 0.234. The number of hydrogen-bond donors (Lipinski definition) is 3. The Kier molecular flexibility index (Phi) is 4.00. The third-order valence-corrected chi connectivity index (χ3v) is 1.88. The van der Waals surface area contributed by atoms with Crippen LogP contribution in [0.15, 0.2) is 28.2 Å². The van der Waals surface area contributed by atoms with Crippen molar-refractivity contribution in [2.45, 2.75) is 25.9 Å². The summed E-state index contributed by atoms with van der Waals surface area (Å²) in [4.78, 5) is 0. The molecule has 0 aromatic carbocycles. The summed E-state index contributed by atoms with van der Waals surface area (Å²) < 4.78 is 4.92. The maximum absolute atomic E-state index is 8.36. The second-order valence-electron chi connectivity index (χ2n) is 3.21. The lowest BCUT2D eigenvalue weighted by Gasteiger charge is -2.11. The van der Waals surface area contributed by atoms with E-state index in [2.05, 4.69) is 10.5 Å². The van der Waals surface area contributed by atoms with Crippen molar-refractivity contribution < 1.29 is 9.62 Å². The number of nitrogens with one attached hydrogen (secondary N) is 1. The fourth-order valence-corrected chi connectivity index (χ4v) is 1.11. The highest BCUT2D eigenvalue weighted by Gasteiger charge is 2.04. The molecule has 1 heterocycles. The van der Waals surface area contributed by atoms with E-state index < -0.39 is 0 Å². The van der Waals surface area contributed by atoms with Crippen molar-refractivity contribution in [1.82, 2.24) is 5.32 Å². The molecule has 0 saturated heterocycles. The Bertz CT molecular complexity index is 282. The lowest BCUT2D eigenvalue weighted by atomic mass is 10.2. The normalized spacial score (nSPS) is 14.2. The van der Waals surface area contributed by atoms with E-state index in [1.54, 1.807) is 12.5 Å². The van der Waals surface area contributed by atoms with Crippen molar-refractivity contribution in [2.24, 2.45) is 10.9 Å². The van der Waals surface area contributed by atoms with Crippen LogP contribution in [0, 0.1) is 0 Å². The standard InChI is InChI=1S/C9H15N3O2/c1-7(4-9(10)12-13)11-5-8-2-3-14-6-8/h2-3,6-7,11,13H,4-5H2,1H3,(H2,10,12). The Morgan fingerprint density at radius 2 is 2.57 bits per heavy atom. The topological polar surface area (TPSA) is 83.8 Å². The van der Waals surface area contributed by atoms with Gasteiger partial charge in [0.05, 0.1) is 12.5 Å². The Balaban J connectivity index is 2.25. The summed E-state index contributed by atoms with van der Waals surface area (Å²) >= 11 is 0. The zero-order valence-corrected chi connectivity index (χ0v) is 8.10. The Morgan fingerprint density at radius 1 is 1.79 bits per heavy atom. The first-order chi connectivity index (χ1) is 6.72. The minimum atomic E-state index is 0.167. The highest BCUT2D eigenvalue weighted by molar-refractivity contribution is 5.80. The molecule has 5 heteroatoms. The monoisotopic (exact) mass is 197 g/mol. The Morgan fingerprint density at radius 3 is 3.14 bits per heavy atom. The van der Waals surface area contributed by atoms with Gasteiger partial charge in [0, 0.05) is 24.6 Å². The molecule has 0 amide bonds. The Labute approximate surface area is 82.6 Å². The van der Waals surface area contributed by atoms with Crippen LogP contribution in [0.4, 0.5) is 0 Å². The molecule has 1 aromatic heterocycles. The molecule has 1 rings (SSSR count). The van der Waals surface area contributed by atoms with E-state index in [-0.39, 0.29) is 11.9 Å². The van der Waals surface area contributed by atoms with Crippen LogP contribution >= 0.6 is 0 Å². The van der Waals surface area contributed by atoms with E-state index in [1.165, 1.54) is 0 Å². The van der Waals surface area contributed by atoms with Gasteiger partial charge < -0.3 is 20.7 Å². The highest BCUT2D eigenvalue weighted by Crippen LogP contribution is 2.00. The SMILES string of the molecule is CC(C/C(N)=N/O)NCc1ccoc1. The van der Waals surface area contributed by atoms with Crippen molar-refractivity contribution in [1.29, 1.82) is 0 Å². The molecule has 14 heavy (non-hydrogen) atoms. The van der Waals surface area contributed by atoms with E-state index in [0.717, 1.165) is 12.1 Å². The molecule has 5 nitrogen and oxygen atoms in total. The first kappa shape index (κ1) is 10.6. The van der Waals surface area contributed by atoms with Gasteiger partial charge >= 0.3 is 0 Å². The fraction of sp³-hybridized carbons (Fsp3) is 0.444. The molecule has 1 unspecified atom stereocenters. The molecule has 78 valence electrons. The van der Waals surface area contributed by atoms with Crippen LogP contribution in [0.5, 0.6) is 0 Å². The maximum atomic E-state index is 8.36. The van der Waals surface area contributed by atoms with Gasteiger partial charge in [0.15, 0.2) is 0 Å². The van der Waals surface area contributed by atoms with Crippen LogP contribution in [-0.4, -0.2) is 17.1 Å². The quantitative estimate of drug-likeness (QED) is 0.283. The largest absolute Gasteiger partial charge is 0.472 e. The molecule has 0 bridgehead atoms. The highest BCUT2D eigenvalue weighted by atomic mass is 16.4. The fourth-order valence-electron chi connectivity index (χ4n) is 1.11. The average Bonchev–Trinajstić information content (AvgIpc) is 2.67. The summed E-state index contributed by atoms with van der Waals surface area (Å²) in [6.07, 6.45) is 3.84. The number of rotatable bonds is 5. The summed E-state index contributed by atoms with van der Waals surface area (Å²) in [6.45, 7) is 2.69. The lowest BCUT2D eigenvalue weighted by molar-refractivity contribution is 0.316. The van der Waals surface area contributed by atoms with Gasteiger partial charge in [0.1, 0.15) is 5.84 Å². The van der Waals surface area contributed by atoms with Crippen molar-refractivity contribution in [3.63, 3.8) is 0 Å². The van der Waals surface area contributed by atoms with Crippen molar-refractivity contribution in [2.75, 3.05) is 0 Å². The van der Waals surface area contributed by atoms with Crippen molar-refractivity contribution in [3.8, 4) is 0 Å². The van der Waals surface area contributed by atoms with Gasteiger partial charge in [-0.25, -0.2) is 0 Å². The third kappa shape index (κ3) is 3.49. The van der Waals surface area contributed by atoms with Crippen LogP contribution in [0.3, 0.4) is 0 Å². The summed E-state index contributed by atoms with van der Waals surface area (Å²) in [5.41, 5.74) is 6.44. The second-order valence-corrected chi connectivity index (χ2v) is 3.21. The molecule has 4 N–H and O–H groups in total. The molecule has 0 saturated carbocycles. The lowest BCUT2D eigenvalue weighted by Crippen LogP contribution is -2.30. The summed E-state index contributed by atoms with van der Waals surface area (Å²) in [7, 11) is 0. The third-order valence-electron chi connectivity index (χ3n) is 1.88. The van der Waals surface area contributed by atoms with Crippen molar-refractivity contribution in [3.05, 3.63) is 24.2 Å². The zero-order valence-electron chi connectivity index (χ0n) is 8.10. The number of nitrogens with two attached hydrogens (primary N) is 1. The number of furan rings is 1. The van der Waals surface area contributed by atoms with E-state index in [4.69, 9.17) is 15.4 Å². The molecule has 0 radical (unpaired) electrons. The molecular weight excluding hydrogens is 182 g/mol. The Hall–Kier alpha value is -1.49. The average molecular weight is 197 g/mol. The van der Waals surface area contributed by atoms with Gasteiger partial charge in [-0.2, -0.15) is 0 Å². The minimum absolute atomic E-state index is 0.167. The zero-order chi connectivity index (χ0) is 10.4. The molecule has 0 fully saturated rings. The van der Waals surface area contributed by atoms with Crippen LogP contribution in [0.1, 0.15) is 18.9 Å². The summed E-state index contributed by atoms with van der Waals surface area (Å²) in [6, 6.07) is 2.06. The predicted molar refractivity (Wildman–Crippen MR) is 53.0 cm³/mol. The van der Waals surface area contributed by atoms with E-state index in [0.29, 0.717) is 6.42 Å². The number of hydrogen-bond acceptors (Lipinski definition) is 4. The summed E-state index contributed by atoms with van der Waals surface area (Å²) in [5, 5.41) is 14.5. The van der Waals surface area contributed by atoms with Crippen LogP contribution in [-0.2, 0) is 6.54 Å². The number of amidine groups is 1. The van der Waals surface area contributed by atoms with Gasteiger partial charge in [0.25, 0.3) is 0 Å². The first-order valence-electron chi connectivity index (χ1n) is 4.43. The molecule has 0 aliphatic rings. The van der Waals surface area contributed by atoms with Crippen LogP contribution in [0.2, 0.25) is 0 Å². The van der Waals surface area contributed by atoms with Gasteiger partial charge in [-0.15, -0.1) is 0 Å². The van der Waals surface area contributed by atoms with E-state index in [1.807, 2.05) is 13.0 Å². The number of oxime groups is 1. The smallest absolute Gasteiger partial charge is 0.140 e. The van der Waals surface area contributed by atoms with Crippen LogP contribution < -0.4 is 11.1 Å². The van der Waals surface area contributed by atoms with Crippen LogP contribution in [0.25, 0.3) is 0 Å². The molecule has 0 spiro atoms. The van der Waals surface area contributed by atoms with Gasteiger partial charge in [0.2, 0.25) is 0 Å².